The summed E-state index contributed by atoms with van der Waals surface area (Å²) in [7, 11) is 0. The van der Waals surface area contributed by atoms with Crippen molar-refractivity contribution in [3.63, 3.8) is 0 Å². The number of aryl methyl sites for hydroxylation is 1. The van der Waals surface area contributed by atoms with Crippen molar-refractivity contribution in [3.05, 3.63) is 35.4 Å². The van der Waals surface area contributed by atoms with Crippen LogP contribution in [-0.4, -0.2) is 24.6 Å². The average Bonchev–Trinajstić information content (AvgIpc) is 2.67. The molecule has 1 aliphatic heterocycles. The van der Waals surface area contributed by atoms with Crippen molar-refractivity contribution >= 4 is 11.9 Å². The quantitative estimate of drug-likeness (QED) is 0.769. The Balaban J connectivity index is 1.85. The van der Waals surface area contributed by atoms with Crippen LogP contribution in [0.15, 0.2) is 24.3 Å². The first-order chi connectivity index (χ1) is 8.56. The number of cyclic esters (lactones) is 1. The summed E-state index contributed by atoms with van der Waals surface area (Å²) >= 11 is 0. The van der Waals surface area contributed by atoms with Gasteiger partial charge in [-0.3, -0.25) is 4.79 Å². The molecule has 0 N–H and O–H groups in total. The molecule has 96 valence electrons. The van der Waals surface area contributed by atoms with Gasteiger partial charge in [-0.2, -0.15) is 0 Å². The Labute approximate surface area is 106 Å². The number of esters is 2. The molecule has 2 atom stereocenters. The topological polar surface area (TPSA) is 52.6 Å². The van der Waals surface area contributed by atoms with Gasteiger partial charge >= 0.3 is 11.9 Å². The summed E-state index contributed by atoms with van der Waals surface area (Å²) < 4.78 is 10.2. The molecule has 0 spiro atoms. The molecular weight excluding hydrogens is 232 g/mol. The van der Waals surface area contributed by atoms with Gasteiger partial charge in [0.1, 0.15) is 12.7 Å². The molecule has 1 aromatic carbocycles. The van der Waals surface area contributed by atoms with Gasteiger partial charge in [-0.05, 0) is 19.1 Å². The molecule has 0 amide bonds. The lowest BCUT2D eigenvalue weighted by Gasteiger charge is -2.10. The van der Waals surface area contributed by atoms with Crippen LogP contribution in [0.4, 0.5) is 0 Å². The molecular formula is C14H16O4. The molecule has 1 heterocycles. The molecule has 1 fully saturated rings. The van der Waals surface area contributed by atoms with Gasteiger partial charge in [0.05, 0.1) is 11.5 Å². The van der Waals surface area contributed by atoms with E-state index in [2.05, 4.69) is 0 Å². The highest BCUT2D eigenvalue weighted by Crippen LogP contribution is 2.20. The summed E-state index contributed by atoms with van der Waals surface area (Å²) in [4.78, 5) is 22.9. The molecule has 2 unspecified atom stereocenters. The molecule has 1 aliphatic rings. The number of benzene rings is 1. The van der Waals surface area contributed by atoms with Gasteiger partial charge < -0.3 is 9.47 Å². The van der Waals surface area contributed by atoms with E-state index >= 15 is 0 Å². The van der Waals surface area contributed by atoms with E-state index in [4.69, 9.17) is 9.47 Å². The van der Waals surface area contributed by atoms with E-state index in [1.54, 1.807) is 12.1 Å². The zero-order chi connectivity index (χ0) is 13.1. The Kier molecular flexibility index (Phi) is 3.65. The zero-order valence-electron chi connectivity index (χ0n) is 10.5. The standard InChI is InChI=1S/C14H16O4/c1-9-3-5-11(6-4-9)14(16)17-8-12-7-10(2)13(15)18-12/h3-6,10,12H,7-8H2,1-2H3. The minimum atomic E-state index is -0.384. The lowest BCUT2D eigenvalue weighted by atomic mass is 10.1. The van der Waals surface area contributed by atoms with Gasteiger partial charge in [-0.15, -0.1) is 0 Å². The molecule has 0 saturated carbocycles. The van der Waals surface area contributed by atoms with E-state index in [-0.39, 0.29) is 30.6 Å². The second kappa shape index (κ2) is 5.21. The van der Waals surface area contributed by atoms with E-state index < -0.39 is 0 Å². The predicted octanol–water partition coefficient (Wildman–Crippen LogP) is 2.10. The molecule has 18 heavy (non-hydrogen) atoms. The van der Waals surface area contributed by atoms with Crippen LogP contribution in [0.3, 0.4) is 0 Å². The maximum Gasteiger partial charge on any atom is 0.338 e. The lowest BCUT2D eigenvalue weighted by molar-refractivity contribution is -0.145. The fourth-order valence-electron chi connectivity index (χ4n) is 1.86. The number of rotatable bonds is 3. The van der Waals surface area contributed by atoms with Crippen LogP contribution in [0.2, 0.25) is 0 Å². The highest BCUT2D eigenvalue weighted by atomic mass is 16.6. The molecule has 4 nitrogen and oxygen atoms in total. The van der Waals surface area contributed by atoms with E-state index in [0.717, 1.165) is 5.56 Å². The number of carbonyl (C=O) groups excluding carboxylic acids is 2. The number of hydrogen-bond acceptors (Lipinski definition) is 4. The van der Waals surface area contributed by atoms with Crippen LogP contribution in [0.5, 0.6) is 0 Å². The normalized spacial score (nSPS) is 22.7. The minimum absolute atomic E-state index is 0.104. The van der Waals surface area contributed by atoms with Crippen molar-refractivity contribution in [1.82, 2.24) is 0 Å². The van der Waals surface area contributed by atoms with E-state index in [0.29, 0.717) is 12.0 Å². The lowest BCUT2D eigenvalue weighted by Crippen LogP contribution is -2.18. The SMILES string of the molecule is Cc1ccc(C(=O)OCC2CC(C)C(=O)O2)cc1. The van der Waals surface area contributed by atoms with Crippen LogP contribution in [0, 0.1) is 12.8 Å². The van der Waals surface area contributed by atoms with Crippen molar-refractivity contribution in [2.75, 3.05) is 6.61 Å². The van der Waals surface area contributed by atoms with E-state index in [9.17, 15) is 9.59 Å². The molecule has 4 heteroatoms. The Morgan fingerprint density at radius 1 is 1.39 bits per heavy atom. The molecule has 0 radical (unpaired) electrons. The molecule has 0 bridgehead atoms. The largest absolute Gasteiger partial charge is 0.458 e. The Bertz CT molecular complexity index is 449. The van der Waals surface area contributed by atoms with Crippen LogP contribution < -0.4 is 0 Å². The van der Waals surface area contributed by atoms with Crippen molar-refractivity contribution in [2.45, 2.75) is 26.4 Å². The predicted molar refractivity (Wildman–Crippen MR) is 65.1 cm³/mol. The second-order valence-corrected chi connectivity index (χ2v) is 4.66. The smallest absolute Gasteiger partial charge is 0.338 e. The third-order valence-electron chi connectivity index (χ3n) is 2.99. The summed E-state index contributed by atoms with van der Waals surface area (Å²) in [5.41, 5.74) is 1.60. The summed E-state index contributed by atoms with van der Waals surface area (Å²) in [6, 6.07) is 7.16. The zero-order valence-corrected chi connectivity index (χ0v) is 10.5. The number of carbonyl (C=O) groups is 2. The number of hydrogen-bond donors (Lipinski definition) is 0. The molecule has 1 aromatic rings. The van der Waals surface area contributed by atoms with Crippen LogP contribution >= 0.6 is 0 Å². The van der Waals surface area contributed by atoms with Crippen molar-refractivity contribution in [2.24, 2.45) is 5.92 Å². The highest BCUT2D eigenvalue weighted by Gasteiger charge is 2.31. The first-order valence-corrected chi connectivity index (χ1v) is 6.00. The molecule has 0 aliphatic carbocycles. The second-order valence-electron chi connectivity index (χ2n) is 4.66. The Morgan fingerprint density at radius 2 is 2.06 bits per heavy atom. The molecule has 1 saturated heterocycles. The maximum atomic E-state index is 11.7. The van der Waals surface area contributed by atoms with Crippen LogP contribution in [0.1, 0.15) is 29.3 Å². The average molecular weight is 248 g/mol. The first-order valence-electron chi connectivity index (χ1n) is 6.00. The monoisotopic (exact) mass is 248 g/mol. The van der Waals surface area contributed by atoms with Gasteiger partial charge in [0.25, 0.3) is 0 Å². The van der Waals surface area contributed by atoms with Crippen molar-refractivity contribution in [3.8, 4) is 0 Å². The fraction of sp³-hybridized carbons (Fsp3) is 0.429. The third kappa shape index (κ3) is 2.88. The molecule has 2 rings (SSSR count). The number of ether oxygens (including phenoxy) is 2. The third-order valence-corrected chi connectivity index (χ3v) is 2.99. The van der Waals surface area contributed by atoms with E-state index in [1.807, 2.05) is 26.0 Å². The first kappa shape index (κ1) is 12.6. The van der Waals surface area contributed by atoms with Crippen molar-refractivity contribution < 1.29 is 19.1 Å². The van der Waals surface area contributed by atoms with Gasteiger partial charge in [-0.1, -0.05) is 24.6 Å². The maximum absolute atomic E-state index is 11.7. The highest BCUT2D eigenvalue weighted by molar-refractivity contribution is 5.89. The van der Waals surface area contributed by atoms with Crippen LogP contribution in [0.25, 0.3) is 0 Å². The molecule has 0 aromatic heterocycles. The summed E-state index contributed by atoms with van der Waals surface area (Å²) in [5, 5.41) is 0. The Hall–Kier alpha value is -1.84. The van der Waals surface area contributed by atoms with Gasteiger partial charge in [-0.25, -0.2) is 4.79 Å². The minimum Gasteiger partial charge on any atom is -0.458 e. The summed E-state index contributed by atoms with van der Waals surface area (Å²) in [6.07, 6.45) is 0.307. The summed E-state index contributed by atoms with van der Waals surface area (Å²) in [6.45, 7) is 3.89. The van der Waals surface area contributed by atoms with Gasteiger partial charge in [0.2, 0.25) is 0 Å². The summed E-state index contributed by atoms with van der Waals surface area (Å²) in [5.74, 6) is -0.704. The fourth-order valence-corrected chi connectivity index (χ4v) is 1.86. The van der Waals surface area contributed by atoms with E-state index in [1.165, 1.54) is 0 Å². The van der Waals surface area contributed by atoms with Gasteiger partial charge in [0, 0.05) is 6.42 Å². The Morgan fingerprint density at radius 3 is 2.61 bits per heavy atom. The van der Waals surface area contributed by atoms with Crippen molar-refractivity contribution in [1.29, 1.82) is 0 Å². The van der Waals surface area contributed by atoms with Crippen LogP contribution in [-0.2, 0) is 14.3 Å². The van der Waals surface area contributed by atoms with Gasteiger partial charge in [0.15, 0.2) is 0 Å².